The molecule has 1 aromatic heterocycles. The van der Waals surface area contributed by atoms with Crippen molar-refractivity contribution in [1.82, 2.24) is 9.97 Å². The number of hydrogen-bond donors (Lipinski definition) is 1. The summed E-state index contributed by atoms with van der Waals surface area (Å²) in [4.78, 5) is 22.7. The number of nitrogens with two attached hydrogens (primary N) is 1. The molecule has 2 saturated heterocycles. The first kappa shape index (κ1) is 15.7. The number of carbonyl (C=O) groups excluding carboxylic acids is 1. The lowest BCUT2D eigenvalue weighted by molar-refractivity contribution is -0.128. The van der Waals surface area contributed by atoms with Gasteiger partial charge in [-0.2, -0.15) is 0 Å². The van der Waals surface area contributed by atoms with Crippen LogP contribution in [-0.4, -0.2) is 47.8 Å². The van der Waals surface area contributed by atoms with Gasteiger partial charge in [-0.15, -0.1) is 0 Å². The second kappa shape index (κ2) is 5.95. The number of amides is 1. The molecule has 0 aromatic carbocycles. The van der Waals surface area contributed by atoms with E-state index in [2.05, 4.69) is 4.98 Å². The zero-order chi connectivity index (χ0) is 16.7. The largest absolute Gasteiger partial charge is 0.381 e. The van der Waals surface area contributed by atoms with Gasteiger partial charge in [-0.25, -0.2) is 14.4 Å². The Morgan fingerprint density at radius 2 is 2.00 bits per heavy atom. The molecular formula is C17H23FN4O2. The maximum atomic E-state index is 14.5. The van der Waals surface area contributed by atoms with E-state index < -0.39 is 11.6 Å². The minimum absolute atomic E-state index is 0.0172. The summed E-state index contributed by atoms with van der Waals surface area (Å²) in [6, 6.07) is 1.97. The van der Waals surface area contributed by atoms with Gasteiger partial charge in [0, 0.05) is 49.8 Å². The lowest BCUT2D eigenvalue weighted by Crippen LogP contribution is -2.42. The predicted octanol–water partition coefficient (Wildman–Crippen LogP) is 1.65. The number of ether oxygens (including phenoxy) is 1. The topological polar surface area (TPSA) is 81.3 Å². The summed E-state index contributed by atoms with van der Waals surface area (Å²) < 4.78 is 20.0. The third-order valence-corrected chi connectivity index (χ3v) is 5.32. The van der Waals surface area contributed by atoms with Gasteiger partial charge in [0.25, 0.3) is 5.91 Å². The molecule has 4 rings (SSSR count). The third-order valence-electron chi connectivity index (χ3n) is 5.32. The number of anilines is 1. The van der Waals surface area contributed by atoms with Gasteiger partial charge >= 0.3 is 0 Å². The van der Waals surface area contributed by atoms with Crippen LogP contribution in [0.5, 0.6) is 0 Å². The van der Waals surface area contributed by atoms with E-state index in [1.54, 1.807) is 0 Å². The molecule has 1 atom stereocenters. The van der Waals surface area contributed by atoms with Crippen molar-refractivity contribution in [1.29, 1.82) is 0 Å². The van der Waals surface area contributed by atoms with Crippen LogP contribution >= 0.6 is 0 Å². The minimum Gasteiger partial charge on any atom is -0.381 e. The second-order valence-corrected chi connectivity index (χ2v) is 7.17. The van der Waals surface area contributed by atoms with Crippen molar-refractivity contribution in [3.05, 3.63) is 17.6 Å². The Balaban J connectivity index is 1.62. The Morgan fingerprint density at radius 3 is 2.62 bits per heavy atom. The number of carbonyl (C=O) groups is 1. The normalized spacial score (nSPS) is 28.3. The molecule has 1 aromatic rings. The fraction of sp³-hybridized carbons (Fsp3) is 0.706. The van der Waals surface area contributed by atoms with Crippen LogP contribution in [0, 0.1) is 0 Å². The van der Waals surface area contributed by atoms with Gasteiger partial charge < -0.3 is 15.4 Å². The van der Waals surface area contributed by atoms with Crippen LogP contribution in [0.3, 0.4) is 0 Å². The van der Waals surface area contributed by atoms with Crippen molar-refractivity contribution >= 4 is 11.7 Å². The first-order valence-electron chi connectivity index (χ1n) is 8.75. The van der Waals surface area contributed by atoms with Crippen LogP contribution in [0.1, 0.15) is 55.5 Å². The number of halogens is 1. The molecule has 130 valence electrons. The van der Waals surface area contributed by atoms with Gasteiger partial charge in [0.15, 0.2) is 0 Å². The van der Waals surface area contributed by atoms with Gasteiger partial charge in [-0.3, -0.25) is 4.79 Å². The molecule has 1 amide bonds. The Kier molecular flexibility index (Phi) is 3.90. The quantitative estimate of drug-likeness (QED) is 0.905. The smallest absolute Gasteiger partial charge is 0.257 e. The molecule has 2 N–H and O–H groups in total. The molecule has 0 radical (unpaired) electrons. The Morgan fingerprint density at radius 1 is 1.25 bits per heavy atom. The van der Waals surface area contributed by atoms with E-state index in [1.807, 2.05) is 11.0 Å². The summed E-state index contributed by atoms with van der Waals surface area (Å²) in [7, 11) is 0. The number of aromatic nitrogens is 2. The molecular weight excluding hydrogens is 311 g/mol. The number of rotatable bonds is 4. The monoisotopic (exact) mass is 334 g/mol. The van der Waals surface area contributed by atoms with Crippen LogP contribution in [0.4, 0.5) is 10.2 Å². The molecule has 7 heteroatoms. The van der Waals surface area contributed by atoms with Crippen LogP contribution < -0.4 is 10.6 Å². The van der Waals surface area contributed by atoms with Crippen LogP contribution in [0.25, 0.3) is 0 Å². The number of primary amides is 1. The molecule has 1 aliphatic carbocycles. The average molecular weight is 334 g/mol. The van der Waals surface area contributed by atoms with Crippen molar-refractivity contribution in [3.8, 4) is 0 Å². The fourth-order valence-electron chi connectivity index (χ4n) is 3.53. The molecule has 0 bridgehead atoms. The van der Waals surface area contributed by atoms with E-state index in [-0.39, 0.29) is 13.0 Å². The van der Waals surface area contributed by atoms with Crippen molar-refractivity contribution in [2.24, 2.45) is 5.73 Å². The lowest BCUT2D eigenvalue weighted by atomic mass is 9.96. The van der Waals surface area contributed by atoms with Crippen molar-refractivity contribution in [3.63, 3.8) is 0 Å². The average Bonchev–Trinajstić information content (AvgIpc) is 3.37. The Bertz CT molecular complexity index is 645. The summed E-state index contributed by atoms with van der Waals surface area (Å²) in [5.41, 5.74) is 4.29. The number of hydrogen-bond acceptors (Lipinski definition) is 5. The summed E-state index contributed by atoms with van der Waals surface area (Å²) >= 11 is 0. The Labute approximate surface area is 140 Å². The van der Waals surface area contributed by atoms with E-state index in [4.69, 9.17) is 15.5 Å². The highest BCUT2D eigenvalue weighted by atomic mass is 19.1. The summed E-state index contributed by atoms with van der Waals surface area (Å²) in [5, 5.41) is 0. The zero-order valence-corrected chi connectivity index (χ0v) is 13.7. The third kappa shape index (κ3) is 2.97. The van der Waals surface area contributed by atoms with Gasteiger partial charge in [0.2, 0.25) is 5.67 Å². The maximum Gasteiger partial charge on any atom is 0.257 e. The molecule has 1 saturated carbocycles. The van der Waals surface area contributed by atoms with Crippen molar-refractivity contribution in [2.45, 2.75) is 49.6 Å². The summed E-state index contributed by atoms with van der Waals surface area (Å²) in [6.45, 7) is 1.94. The second-order valence-electron chi connectivity index (χ2n) is 7.17. The number of alkyl halides is 1. The highest BCUT2D eigenvalue weighted by Gasteiger charge is 2.44. The van der Waals surface area contributed by atoms with Crippen LogP contribution in [-0.2, 0) is 9.53 Å². The molecule has 1 unspecified atom stereocenters. The standard InChI is InChI=1S/C17H23FN4O2/c18-17(16(19)23)5-6-22(10-17)14-9-13(11-3-7-24-8-4-11)20-15(21-14)12-1-2-12/h9,11-12H,1-8,10H2,(H2,19,23). The van der Waals surface area contributed by atoms with Crippen LogP contribution in [0.15, 0.2) is 6.07 Å². The molecule has 24 heavy (non-hydrogen) atoms. The van der Waals surface area contributed by atoms with Crippen LogP contribution in [0.2, 0.25) is 0 Å². The van der Waals surface area contributed by atoms with Crippen molar-refractivity contribution < 1.29 is 13.9 Å². The SMILES string of the molecule is NC(=O)C1(F)CCN(c2cc(C3CCOCC3)nc(C3CC3)n2)C1. The van der Waals surface area contributed by atoms with E-state index in [1.165, 1.54) is 0 Å². The maximum absolute atomic E-state index is 14.5. The predicted molar refractivity (Wildman–Crippen MR) is 86.7 cm³/mol. The molecule has 6 nitrogen and oxygen atoms in total. The molecule has 3 aliphatic rings. The molecule has 3 fully saturated rings. The summed E-state index contributed by atoms with van der Waals surface area (Å²) in [5.74, 6) is 1.51. The van der Waals surface area contributed by atoms with E-state index in [0.29, 0.717) is 18.4 Å². The van der Waals surface area contributed by atoms with Gasteiger partial charge in [-0.1, -0.05) is 0 Å². The fourth-order valence-corrected chi connectivity index (χ4v) is 3.53. The first-order chi connectivity index (χ1) is 11.5. The van der Waals surface area contributed by atoms with E-state index in [0.717, 1.165) is 56.2 Å². The van der Waals surface area contributed by atoms with Gasteiger partial charge in [0.05, 0.1) is 6.54 Å². The van der Waals surface area contributed by atoms with Crippen molar-refractivity contribution in [2.75, 3.05) is 31.2 Å². The van der Waals surface area contributed by atoms with Gasteiger partial charge in [-0.05, 0) is 25.7 Å². The van der Waals surface area contributed by atoms with E-state index >= 15 is 0 Å². The summed E-state index contributed by atoms with van der Waals surface area (Å²) in [6.07, 6.45) is 4.26. The zero-order valence-electron chi connectivity index (χ0n) is 13.7. The molecule has 2 aliphatic heterocycles. The molecule has 0 spiro atoms. The minimum atomic E-state index is -1.95. The molecule has 3 heterocycles. The number of nitrogens with zero attached hydrogens (tertiary/aromatic N) is 3. The lowest BCUT2D eigenvalue weighted by Gasteiger charge is -2.24. The first-order valence-corrected chi connectivity index (χ1v) is 8.75. The highest BCUT2D eigenvalue weighted by molar-refractivity contribution is 5.85. The van der Waals surface area contributed by atoms with E-state index in [9.17, 15) is 9.18 Å². The van der Waals surface area contributed by atoms with Gasteiger partial charge in [0.1, 0.15) is 11.6 Å². The highest BCUT2D eigenvalue weighted by Crippen LogP contribution is 2.40. The Hall–Kier alpha value is -1.76.